The molecule has 1 aromatic heterocycles. The number of alkyl halides is 2. The SMILES string of the molecule is CC(CCl)(CCl)C(O)C(Oc1ccc(F)cc1)n1cncn1. The van der Waals surface area contributed by atoms with Crippen molar-refractivity contribution < 1.29 is 14.2 Å². The molecule has 0 aliphatic carbocycles. The maximum Gasteiger partial charge on any atom is 0.219 e. The summed E-state index contributed by atoms with van der Waals surface area (Å²) in [5.74, 6) is 0.273. The first kappa shape index (κ1) is 17.0. The molecule has 1 N–H and O–H groups in total. The van der Waals surface area contributed by atoms with Crippen molar-refractivity contribution in [1.29, 1.82) is 0 Å². The lowest BCUT2D eigenvalue weighted by Crippen LogP contribution is -2.44. The van der Waals surface area contributed by atoms with E-state index in [1.54, 1.807) is 6.92 Å². The van der Waals surface area contributed by atoms with Crippen molar-refractivity contribution in [2.24, 2.45) is 5.41 Å². The Morgan fingerprint density at radius 1 is 1.32 bits per heavy atom. The van der Waals surface area contributed by atoms with Gasteiger partial charge in [0.05, 0.1) is 0 Å². The standard InChI is InChI=1S/C14H16Cl2FN3O2/c1-14(6-15,7-16)12(21)13(20-9-18-8-19-20)22-11-4-2-10(17)3-5-11/h2-5,8-9,12-13,21H,6-7H2,1H3. The summed E-state index contributed by atoms with van der Waals surface area (Å²) in [4.78, 5) is 3.85. The Kier molecular flexibility index (Phi) is 5.61. The Morgan fingerprint density at radius 3 is 2.45 bits per heavy atom. The molecule has 0 spiro atoms. The van der Waals surface area contributed by atoms with Gasteiger partial charge >= 0.3 is 0 Å². The number of halogens is 3. The number of nitrogens with zero attached hydrogens (tertiary/aromatic N) is 3. The fourth-order valence-electron chi connectivity index (χ4n) is 1.80. The smallest absolute Gasteiger partial charge is 0.219 e. The highest BCUT2D eigenvalue weighted by Crippen LogP contribution is 2.33. The fraction of sp³-hybridized carbons (Fsp3) is 0.429. The summed E-state index contributed by atoms with van der Waals surface area (Å²) in [7, 11) is 0. The van der Waals surface area contributed by atoms with Gasteiger partial charge in [0, 0.05) is 17.2 Å². The molecule has 0 aliphatic heterocycles. The zero-order valence-electron chi connectivity index (χ0n) is 11.9. The molecule has 0 saturated carbocycles. The normalized spacial score (nSPS) is 14.6. The van der Waals surface area contributed by atoms with E-state index in [-0.39, 0.29) is 17.6 Å². The van der Waals surface area contributed by atoms with Crippen LogP contribution in [0.4, 0.5) is 4.39 Å². The molecule has 2 atom stereocenters. The Morgan fingerprint density at radius 2 is 1.95 bits per heavy atom. The summed E-state index contributed by atoms with van der Waals surface area (Å²) in [5, 5.41) is 14.7. The molecule has 2 rings (SSSR count). The predicted molar refractivity (Wildman–Crippen MR) is 81.6 cm³/mol. The van der Waals surface area contributed by atoms with Crippen LogP contribution in [0.3, 0.4) is 0 Å². The predicted octanol–water partition coefficient (Wildman–Crippen LogP) is 2.84. The molecule has 0 aliphatic rings. The molecule has 8 heteroatoms. The lowest BCUT2D eigenvalue weighted by Gasteiger charge is -2.35. The minimum absolute atomic E-state index is 0.135. The summed E-state index contributed by atoms with van der Waals surface area (Å²) in [6.07, 6.45) is 0.803. The molecular weight excluding hydrogens is 332 g/mol. The molecule has 1 heterocycles. The third kappa shape index (κ3) is 3.69. The Balaban J connectivity index is 2.29. The van der Waals surface area contributed by atoms with E-state index in [1.165, 1.54) is 41.6 Å². The highest BCUT2D eigenvalue weighted by molar-refractivity contribution is 6.21. The van der Waals surface area contributed by atoms with Crippen molar-refractivity contribution in [2.45, 2.75) is 19.3 Å². The molecule has 0 amide bonds. The van der Waals surface area contributed by atoms with Crippen LogP contribution in [0, 0.1) is 11.2 Å². The van der Waals surface area contributed by atoms with E-state index in [9.17, 15) is 9.50 Å². The number of benzene rings is 1. The quantitative estimate of drug-likeness (QED) is 0.782. The minimum Gasteiger partial charge on any atom is -0.466 e. The zero-order valence-corrected chi connectivity index (χ0v) is 13.4. The second-order valence-electron chi connectivity index (χ2n) is 5.20. The Hall–Kier alpha value is -1.37. The van der Waals surface area contributed by atoms with Crippen LogP contribution in [0.5, 0.6) is 5.75 Å². The molecule has 120 valence electrons. The number of aliphatic hydroxyl groups excluding tert-OH is 1. The second kappa shape index (κ2) is 7.26. The maximum atomic E-state index is 13.0. The van der Waals surface area contributed by atoms with E-state index >= 15 is 0 Å². The van der Waals surface area contributed by atoms with Gasteiger partial charge in [-0.25, -0.2) is 14.1 Å². The fourth-order valence-corrected chi connectivity index (χ4v) is 2.40. The molecular formula is C14H16Cl2FN3O2. The number of hydrogen-bond donors (Lipinski definition) is 1. The van der Waals surface area contributed by atoms with Gasteiger partial charge in [-0.3, -0.25) is 0 Å². The molecule has 1 aromatic carbocycles. The van der Waals surface area contributed by atoms with Crippen molar-refractivity contribution >= 4 is 23.2 Å². The molecule has 0 fully saturated rings. The van der Waals surface area contributed by atoms with Gasteiger partial charge in [-0.2, -0.15) is 5.10 Å². The molecule has 5 nitrogen and oxygen atoms in total. The molecule has 0 saturated heterocycles. The van der Waals surface area contributed by atoms with Crippen LogP contribution in [0.15, 0.2) is 36.9 Å². The summed E-state index contributed by atoms with van der Waals surface area (Å²) >= 11 is 11.9. The minimum atomic E-state index is -1.05. The van der Waals surface area contributed by atoms with Gasteiger partial charge in [-0.1, -0.05) is 6.92 Å². The Labute approximate surface area is 137 Å². The van der Waals surface area contributed by atoms with Crippen LogP contribution >= 0.6 is 23.2 Å². The van der Waals surface area contributed by atoms with E-state index in [0.29, 0.717) is 5.75 Å². The Bertz CT molecular complexity index is 576. The third-order valence-corrected chi connectivity index (χ3v) is 4.58. The van der Waals surface area contributed by atoms with E-state index in [0.717, 1.165) is 0 Å². The topological polar surface area (TPSA) is 60.2 Å². The van der Waals surface area contributed by atoms with Gasteiger partial charge in [-0.05, 0) is 24.3 Å². The molecule has 0 radical (unpaired) electrons. The molecule has 0 bridgehead atoms. The van der Waals surface area contributed by atoms with Gasteiger partial charge in [0.25, 0.3) is 0 Å². The van der Waals surface area contributed by atoms with Crippen LogP contribution in [0.1, 0.15) is 13.2 Å². The lowest BCUT2D eigenvalue weighted by atomic mass is 9.87. The van der Waals surface area contributed by atoms with Crippen molar-refractivity contribution in [2.75, 3.05) is 11.8 Å². The van der Waals surface area contributed by atoms with Gasteiger partial charge in [0.2, 0.25) is 6.23 Å². The first-order valence-corrected chi connectivity index (χ1v) is 7.63. The lowest BCUT2D eigenvalue weighted by molar-refractivity contribution is -0.0707. The maximum absolute atomic E-state index is 13.0. The second-order valence-corrected chi connectivity index (χ2v) is 5.74. The van der Waals surface area contributed by atoms with Crippen LogP contribution in [0.2, 0.25) is 0 Å². The zero-order chi connectivity index (χ0) is 16.2. The summed E-state index contributed by atoms with van der Waals surface area (Å²) in [6.45, 7) is 1.75. The number of ether oxygens (including phenoxy) is 1. The summed E-state index contributed by atoms with van der Waals surface area (Å²) in [5.41, 5.74) is -0.792. The molecule has 2 aromatic rings. The molecule has 22 heavy (non-hydrogen) atoms. The first-order chi connectivity index (χ1) is 10.5. The van der Waals surface area contributed by atoms with Crippen LogP contribution in [-0.2, 0) is 0 Å². The highest BCUT2D eigenvalue weighted by Gasteiger charge is 2.40. The van der Waals surface area contributed by atoms with Crippen molar-refractivity contribution in [3.8, 4) is 5.75 Å². The van der Waals surface area contributed by atoms with E-state index < -0.39 is 17.7 Å². The summed E-state index contributed by atoms with van der Waals surface area (Å²) in [6, 6.07) is 5.46. The van der Waals surface area contributed by atoms with Gasteiger partial charge in [0.15, 0.2) is 0 Å². The largest absolute Gasteiger partial charge is 0.466 e. The first-order valence-electron chi connectivity index (χ1n) is 6.56. The van der Waals surface area contributed by atoms with E-state index in [4.69, 9.17) is 27.9 Å². The van der Waals surface area contributed by atoms with Crippen LogP contribution in [0.25, 0.3) is 0 Å². The van der Waals surface area contributed by atoms with Gasteiger partial charge in [0.1, 0.15) is 30.3 Å². The van der Waals surface area contributed by atoms with Crippen molar-refractivity contribution in [3.05, 3.63) is 42.7 Å². The van der Waals surface area contributed by atoms with E-state index in [1.807, 2.05) is 0 Å². The third-order valence-electron chi connectivity index (χ3n) is 3.36. The van der Waals surface area contributed by atoms with Crippen molar-refractivity contribution in [1.82, 2.24) is 14.8 Å². The van der Waals surface area contributed by atoms with Crippen molar-refractivity contribution in [3.63, 3.8) is 0 Å². The van der Waals surface area contributed by atoms with Crippen LogP contribution < -0.4 is 4.74 Å². The number of aliphatic hydroxyl groups is 1. The average molecular weight is 348 g/mol. The number of hydrogen-bond acceptors (Lipinski definition) is 4. The molecule has 2 unspecified atom stereocenters. The average Bonchev–Trinajstić information content (AvgIpc) is 3.07. The number of rotatable bonds is 7. The highest BCUT2D eigenvalue weighted by atomic mass is 35.5. The van der Waals surface area contributed by atoms with Gasteiger partial charge < -0.3 is 9.84 Å². The van der Waals surface area contributed by atoms with Crippen LogP contribution in [-0.4, -0.2) is 37.7 Å². The van der Waals surface area contributed by atoms with E-state index in [2.05, 4.69) is 10.1 Å². The van der Waals surface area contributed by atoms with Gasteiger partial charge in [-0.15, -0.1) is 23.2 Å². The summed E-state index contributed by atoms with van der Waals surface area (Å²) < 4.78 is 20.1. The monoisotopic (exact) mass is 347 g/mol. The number of aromatic nitrogens is 3.